The number of aliphatic carboxylic acids is 1. The number of aromatic hydroxyl groups is 1. The van der Waals surface area contributed by atoms with Crippen LogP contribution in [-0.4, -0.2) is 141 Å². The van der Waals surface area contributed by atoms with Gasteiger partial charge in [-0.1, -0.05) is 60.7 Å². The van der Waals surface area contributed by atoms with Gasteiger partial charge < -0.3 is 66.9 Å². The Bertz CT molecular complexity index is 2370. The third-order valence-electron chi connectivity index (χ3n) is 11.4. The molecule has 11 N–H and O–H groups in total. The number of nitrogens with zero attached hydrogens (tertiary/aromatic N) is 1. The molecule has 0 aliphatic rings. The van der Waals surface area contributed by atoms with Gasteiger partial charge in [0.1, 0.15) is 35.5 Å². The van der Waals surface area contributed by atoms with Crippen molar-refractivity contribution < 1.29 is 58.7 Å². The highest BCUT2D eigenvalue weighted by atomic mass is 16.6. The quantitative estimate of drug-likeness (QED) is 0.0318. The average molecular weight is 973 g/mol. The molecule has 0 fully saturated rings. The Labute approximate surface area is 407 Å². The topological polar surface area (TPSA) is 301 Å². The summed E-state index contributed by atoms with van der Waals surface area (Å²) in [5, 5.41) is 56.8. The number of carbonyl (C=O) groups excluding carboxylic acids is 6. The molecule has 20 heteroatoms. The molecule has 0 aliphatic carbocycles. The number of aromatic nitrogens is 1. The molecule has 0 bridgehead atoms. The summed E-state index contributed by atoms with van der Waals surface area (Å²) >= 11 is 0. The van der Waals surface area contributed by atoms with Crippen LogP contribution in [0.5, 0.6) is 5.75 Å². The number of carboxylic acids is 1. The summed E-state index contributed by atoms with van der Waals surface area (Å²) in [6.07, 6.45) is -2.26. The molecule has 4 aromatic rings. The largest absolute Gasteiger partial charge is 0.508 e. The molecule has 7 atom stereocenters. The van der Waals surface area contributed by atoms with Gasteiger partial charge in [0.2, 0.25) is 29.5 Å². The van der Waals surface area contributed by atoms with Crippen LogP contribution in [-0.2, 0) is 52.8 Å². The third-order valence-corrected chi connectivity index (χ3v) is 11.4. The highest BCUT2D eigenvalue weighted by Crippen LogP contribution is 2.21. The lowest BCUT2D eigenvalue weighted by Crippen LogP contribution is -2.60. The van der Waals surface area contributed by atoms with Crippen molar-refractivity contribution in [2.45, 2.75) is 127 Å². The monoisotopic (exact) mass is 972 g/mol. The SMILES string of the molecule is CN[C@@H](Cc1ccccc1)C(=O)N(C)[C@@H](CCC(=O)O)C(=O)N[C@@H](Cc1ccc(O)cc1)C(=O)N[C@H](Cc1c[nH]c2ccccc12)C(=O)N[C@@H](CCCCNC(=O)OC(C)(C)C)C(=O)N[C@H](O)[C@@H](C)O. The summed E-state index contributed by atoms with van der Waals surface area (Å²) in [6, 6.07) is 15.9. The van der Waals surface area contributed by atoms with Crippen LogP contribution in [0, 0.1) is 0 Å². The first-order chi connectivity index (χ1) is 33.1. The highest BCUT2D eigenvalue weighted by Gasteiger charge is 2.36. The van der Waals surface area contributed by atoms with Crippen molar-refractivity contribution >= 4 is 52.5 Å². The molecule has 380 valence electrons. The van der Waals surface area contributed by atoms with Crippen molar-refractivity contribution in [3.63, 3.8) is 0 Å². The zero-order valence-corrected chi connectivity index (χ0v) is 40.5. The van der Waals surface area contributed by atoms with Gasteiger partial charge in [0.05, 0.1) is 12.1 Å². The van der Waals surface area contributed by atoms with Crippen molar-refractivity contribution in [1.82, 2.24) is 41.8 Å². The fourth-order valence-electron chi connectivity index (χ4n) is 7.56. The Balaban J connectivity index is 1.66. The smallest absolute Gasteiger partial charge is 0.407 e. The normalized spacial score (nSPS) is 14.4. The molecule has 6 amide bonds. The highest BCUT2D eigenvalue weighted by molar-refractivity contribution is 5.97. The van der Waals surface area contributed by atoms with Gasteiger partial charge in [0.15, 0.2) is 6.23 Å². The number of H-pyrrole nitrogens is 1. The van der Waals surface area contributed by atoms with Gasteiger partial charge in [-0.2, -0.15) is 0 Å². The first-order valence-corrected chi connectivity index (χ1v) is 23.2. The summed E-state index contributed by atoms with van der Waals surface area (Å²) in [5.41, 5.74) is 1.94. The molecule has 1 heterocycles. The second-order valence-corrected chi connectivity index (χ2v) is 18.2. The van der Waals surface area contributed by atoms with E-state index in [4.69, 9.17) is 4.74 Å². The summed E-state index contributed by atoms with van der Waals surface area (Å²) in [7, 11) is 2.97. The van der Waals surface area contributed by atoms with Gasteiger partial charge in [0.25, 0.3) is 0 Å². The van der Waals surface area contributed by atoms with Crippen LogP contribution in [0.25, 0.3) is 10.9 Å². The number of hydrogen-bond donors (Lipinski definition) is 11. The molecular formula is C50H68N8O12. The summed E-state index contributed by atoms with van der Waals surface area (Å²) < 4.78 is 5.28. The Hall–Kier alpha value is -7.03. The number of aromatic amines is 1. The number of hydrogen-bond acceptors (Lipinski definition) is 12. The molecule has 3 aromatic carbocycles. The molecule has 4 rings (SSSR count). The number of phenols is 1. The number of carboxylic acid groups (broad SMARTS) is 1. The maximum Gasteiger partial charge on any atom is 0.407 e. The first kappa shape index (κ1) is 55.6. The number of likely N-dealkylation sites (N-methyl/N-ethyl adjacent to an activating group) is 2. The number of aliphatic hydroxyl groups is 2. The lowest BCUT2D eigenvalue weighted by atomic mass is 10.00. The van der Waals surface area contributed by atoms with Gasteiger partial charge in [0, 0.05) is 50.0 Å². The number of fused-ring (bicyclic) bond motifs is 1. The molecule has 70 heavy (non-hydrogen) atoms. The van der Waals surface area contributed by atoms with Crippen LogP contribution in [0.3, 0.4) is 0 Å². The molecule has 0 saturated heterocycles. The molecule has 20 nitrogen and oxygen atoms in total. The molecule has 0 aliphatic heterocycles. The molecular weight excluding hydrogens is 905 g/mol. The minimum Gasteiger partial charge on any atom is -0.508 e. The third kappa shape index (κ3) is 17.8. The standard InChI is InChI=1S/C50H68N8O12/c1-30(59)43(63)57-44(64)37(18-12-13-25-52-49(69)70-50(2,3)4)54-46(66)39(28-33-29-53-36-17-11-10-16-35(33)36)55-45(65)38(26-32-19-21-34(60)22-20-32)56-47(67)41(23-24-42(61)62)58(6)48(68)40(51-5)27-31-14-8-7-9-15-31/h7-11,14-17,19-22,29-30,37-41,43,51,53,59-60,63H,12-13,18,23-28H2,1-6H3,(H,52,69)(H,54,66)(H,55,65)(H,56,67)(H,57,64)(H,61,62)/t30-,37+,38+,39-,40+,41+,43-/m1/s1. The average Bonchev–Trinajstić information content (AvgIpc) is 3.72. The van der Waals surface area contributed by atoms with Gasteiger partial charge in [-0.05, 0) is 102 Å². The maximum absolute atomic E-state index is 14.7. The number of nitrogens with one attached hydrogen (secondary N) is 7. The number of rotatable bonds is 26. The summed E-state index contributed by atoms with van der Waals surface area (Å²) in [5.74, 6) is -5.17. The minimum atomic E-state index is -1.69. The van der Waals surface area contributed by atoms with E-state index in [0.717, 1.165) is 21.4 Å². The van der Waals surface area contributed by atoms with E-state index >= 15 is 0 Å². The van der Waals surface area contributed by atoms with Gasteiger partial charge in [-0.25, -0.2) is 4.79 Å². The molecule has 0 radical (unpaired) electrons. The van der Waals surface area contributed by atoms with Crippen molar-refractivity contribution in [1.29, 1.82) is 0 Å². The van der Waals surface area contributed by atoms with E-state index in [2.05, 4.69) is 36.9 Å². The van der Waals surface area contributed by atoms with Gasteiger partial charge in [-0.3, -0.25) is 28.8 Å². The number of benzene rings is 3. The van der Waals surface area contributed by atoms with E-state index in [1.165, 1.54) is 38.2 Å². The number of carbonyl (C=O) groups is 7. The number of aliphatic hydroxyl groups excluding tert-OH is 2. The maximum atomic E-state index is 14.7. The van der Waals surface area contributed by atoms with Crippen LogP contribution >= 0.6 is 0 Å². The number of ether oxygens (including phenoxy) is 1. The first-order valence-electron chi connectivity index (χ1n) is 23.2. The lowest BCUT2D eigenvalue weighted by Gasteiger charge is -2.32. The fraction of sp³-hybridized carbons (Fsp3) is 0.460. The second-order valence-electron chi connectivity index (χ2n) is 18.2. The zero-order chi connectivity index (χ0) is 51.5. The zero-order valence-electron chi connectivity index (χ0n) is 40.5. The van der Waals surface area contributed by atoms with E-state index in [1.54, 1.807) is 40.1 Å². The Kier molecular flexibility index (Phi) is 21.2. The van der Waals surface area contributed by atoms with E-state index < -0.39 is 96.2 Å². The van der Waals surface area contributed by atoms with Crippen LogP contribution in [0.1, 0.15) is 76.5 Å². The van der Waals surface area contributed by atoms with Crippen LogP contribution in [0.4, 0.5) is 4.79 Å². The molecule has 0 spiro atoms. The Morgan fingerprint density at radius 2 is 1.27 bits per heavy atom. The Morgan fingerprint density at radius 3 is 1.90 bits per heavy atom. The number of amides is 6. The lowest BCUT2D eigenvalue weighted by molar-refractivity contribution is -0.143. The van der Waals surface area contributed by atoms with Gasteiger partial charge >= 0.3 is 12.1 Å². The van der Waals surface area contributed by atoms with E-state index in [9.17, 15) is 54.0 Å². The molecule has 0 unspecified atom stereocenters. The van der Waals surface area contributed by atoms with Crippen molar-refractivity contribution in [2.75, 3.05) is 20.6 Å². The Morgan fingerprint density at radius 1 is 0.700 bits per heavy atom. The fourth-order valence-corrected chi connectivity index (χ4v) is 7.56. The van der Waals surface area contributed by atoms with E-state index in [1.807, 2.05) is 48.5 Å². The van der Waals surface area contributed by atoms with Crippen molar-refractivity contribution in [2.24, 2.45) is 0 Å². The number of alkyl carbamates (subject to hydrolysis) is 1. The number of para-hydroxylation sites is 1. The molecule has 0 saturated carbocycles. The van der Waals surface area contributed by atoms with Crippen LogP contribution in [0.15, 0.2) is 85.1 Å². The van der Waals surface area contributed by atoms with Crippen molar-refractivity contribution in [3.8, 4) is 5.75 Å². The van der Waals surface area contributed by atoms with Crippen LogP contribution in [0.2, 0.25) is 0 Å². The van der Waals surface area contributed by atoms with E-state index in [-0.39, 0.29) is 50.8 Å². The van der Waals surface area contributed by atoms with E-state index in [0.29, 0.717) is 17.5 Å². The summed E-state index contributed by atoms with van der Waals surface area (Å²) in [6.45, 7) is 6.59. The van der Waals surface area contributed by atoms with Gasteiger partial charge in [-0.15, -0.1) is 0 Å². The minimum absolute atomic E-state index is 0.00286. The molecule has 1 aromatic heterocycles. The van der Waals surface area contributed by atoms with Crippen LogP contribution < -0.4 is 31.9 Å². The predicted molar refractivity (Wildman–Crippen MR) is 260 cm³/mol. The van der Waals surface area contributed by atoms with Crippen molar-refractivity contribution in [3.05, 3.63) is 102 Å². The summed E-state index contributed by atoms with van der Waals surface area (Å²) in [4.78, 5) is 99.6. The number of unbranched alkanes of at least 4 members (excludes halogenated alkanes) is 1. The predicted octanol–water partition coefficient (Wildman–Crippen LogP) is 2.15. The second kappa shape index (κ2) is 26.7. The number of phenolic OH excluding ortho intramolecular Hbond substituents is 1.